The maximum absolute atomic E-state index is 13.0. The van der Waals surface area contributed by atoms with Crippen LogP contribution in [0.15, 0.2) is 24.7 Å². The third-order valence-electron chi connectivity index (χ3n) is 5.48. The first-order valence-corrected chi connectivity index (χ1v) is 9.53. The third kappa shape index (κ3) is 4.16. The maximum atomic E-state index is 13.0. The second-order valence-electron chi connectivity index (χ2n) is 7.36. The maximum Gasteiger partial charge on any atom is 0.417 e. The molecular weight excluding hydrogens is 355 g/mol. The molecule has 2 aromatic heterocycles. The van der Waals surface area contributed by atoms with Crippen LogP contribution in [0.3, 0.4) is 0 Å². The molecule has 4 rings (SSSR count). The number of alkyl halides is 3. The lowest BCUT2D eigenvalue weighted by molar-refractivity contribution is -0.137. The zero-order valence-electron chi connectivity index (χ0n) is 15.2. The molecule has 8 heteroatoms. The highest BCUT2D eigenvalue weighted by atomic mass is 19.4. The number of aromatic nitrogens is 3. The van der Waals surface area contributed by atoms with Crippen molar-refractivity contribution in [1.82, 2.24) is 24.8 Å². The Balaban J connectivity index is 1.63. The molecule has 0 saturated carbocycles. The zero-order valence-corrected chi connectivity index (χ0v) is 15.2. The second kappa shape index (κ2) is 7.59. The summed E-state index contributed by atoms with van der Waals surface area (Å²) in [5.41, 5.74) is 0.256. The average molecular weight is 379 g/mol. The van der Waals surface area contributed by atoms with Crippen molar-refractivity contribution in [1.29, 1.82) is 0 Å². The number of hydrogen-bond donors (Lipinski definition) is 1. The fraction of sp³-hybridized carbons (Fsp3) is 0.579. The van der Waals surface area contributed by atoms with E-state index in [9.17, 15) is 13.2 Å². The molecule has 0 bridgehead atoms. The van der Waals surface area contributed by atoms with Gasteiger partial charge in [0.05, 0.1) is 11.3 Å². The van der Waals surface area contributed by atoms with Crippen LogP contribution in [0.2, 0.25) is 0 Å². The first-order chi connectivity index (χ1) is 13.0. The molecule has 0 amide bonds. The number of pyridine rings is 1. The summed E-state index contributed by atoms with van der Waals surface area (Å²) >= 11 is 0. The highest BCUT2D eigenvalue weighted by Crippen LogP contribution is 2.32. The normalized spacial score (nSPS) is 19.2. The van der Waals surface area contributed by atoms with Crippen molar-refractivity contribution >= 4 is 0 Å². The van der Waals surface area contributed by atoms with E-state index in [1.165, 1.54) is 12.6 Å². The van der Waals surface area contributed by atoms with Crippen LogP contribution >= 0.6 is 0 Å². The van der Waals surface area contributed by atoms with E-state index in [1.54, 1.807) is 0 Å². The highest BCUT2D eigenvalue weighted by molar-refractivity contribution is 5.58. The molecule has 1 N–H and O–H groups in total. The molecule has 0 aromatic carbocycles. The SMILES string of the molecule is FC(F)(F)c1cncc(-c2cn(CCN3CCC3)c(C3CCNCC3)n2)c1. The molecule has 2 aliphatic rings. The fourth-order valence-electron chi connectivity index (χ4n) is 3.74. The molecule has 0 unspecified atom stereocenters. The number of imidazole rings is 1. The second-order valence-corrected chi connectivity index (χ2v) is 7.36. The van der Waals surface area contributed by atoms with Crippen molar-refractivity contribution in [2.45, 2.75) is 37.9 Å². The molecule has 0 aliphatic carbocycles. The average Bonchev–Trinajstić information content (AvgIpc) is 3.05. The van der Waals surface area contributed by atoms with Gasteiger partial charge in [0.1, 0.15) is 5.82 Å². The molecule has 2 aromatic rings. The van der Waals surface area contributed by atoms with Crippen molar-refractivity contribution < 1.29 is 13.2 Å². The van der Waals surface area contributed by atoms with Gasteiger partial charge >= 0.3 is 6.18 Å². The Morgan fingerprint density at radius 3 is 2.56 bits per heavy atom. The summed E-state index contributed by atoms with van der Waals surface area (Å²) in [4.78, 5) is 10.9. The number of rotatable bonds is 5. The summed E-state index contributed by atoms with van der Waals surface area (Å²) in [6, 6.07) is 1.14. The minimum Gasteiger partial charge on any atom is -0.333 e. The van der Waals surface area contributed by atoms with Crippen LogP contribution in [0.4, 0.5) is 13.2 Å². The fourth-order valence-corrected chi connectivity index (χ4v) is 3.74. The Morgan fingerprint density at radius 1 is 1.11 bits per heavy atom. The van der Waals surface area contributed by atoms with Gasteiger partial charge < -0.3 is 14.8 Å². The summed E-state index contributed by atoms with van der Waals surface area (Å²) in [5, 5.41) is 3.35. The molecule has 0 spiro atoms. The molecule has 4 heterocycles. The number of nitrogens with one attached hydrogen (secondary N) is 1. The lowest BCUT2D eigenvalue weighted by atomic mass is 9.97. The summed E-state index contributed by atoms with van der Waals surface area (Å²) in [7, 11) is 0. The number of nitrogens with zero attached hydrogens (tertiary/aromatic N) is 4. The van der Waals surface area contributed by atoms with Gasteiger partial charge in [-0.2, -0.15) is 13.2 Å². The predicted octanol–water partition coefficient (Wildman–Crippen LogP) is 3.14. The lowest BCUT2D eigenvalue weighted by Crippen LogP contribution is -2.39. The summed E-state index contributed by atoms with van der Waals surface area (Å²) in [6.45, 7) is 5.92. The van der Waals surface area contributed by atoms with E-state index in [1.807, 2.05) is 6.20 Å². The number of likely N-dealkylation sites (tertiary alicyclic amines) is 1. The Morgan fingerprint density at radius 2 is 1.89 bits per heavy atom. The predicted molar refractivity (Wildman–Crippen MR) is 96.4 cm³/mol. The first-order valence-electron chi connectivity index (χ1n) is 9.53. The van der Waals surface area contributed by atoms with Crippen molar-refractivity contribution in [3.8, 4) is 11.3 Å². The van der Waals surface area contributed by atoms with Gasteiger partial charge in [-0.05, 0) is 51.5 Å². The van der Waals surface area contributed by atoms with E-state index in [-0.39, 0.29) is 0 Å². The largest absolute Gasteiger partial charge is 0.417 e. The van der Waals surface area contributed by atoms with Crippen molar-refractivity contribution in [3.63, 3.8) is 0 Å². The summed E-state index contributed by atoms with van der Waals surface area (Å²) < 4.78 is 41.3. The van der Waals surface area contributed by atoms with Gasteiger partial charge in [0, 0.05) is 43.2 Å². The van der Waals surface area contributed by atoms with Gasteiger partial charge in [-0.15, -0.1) is 0 Å². The molecular formula is C19H24F3N5. The van der Waals surface area contributed by atoms with Crippen molar-refractivity contribution in [2.24, 2.45) is 0 Å². The Hall–Kier alpha value is -1.93. The number of hydrogen-bond acceptors (Lipinski definition) is 4. The van der Waals surface area contributed by atoms with Crippen molar-refractivity contribution in [2.75, 3.05) is 32.7 Å². The van der Waals surface area contributed by atoms with Gasteiger partial charge in [0.15, 0.2) is 0 Å². The summed E-state index contributed by atoms with van der Waals surface area (Å²) in [6.07, 6.45) is 3.06. The van der Waals surface area contributed by atoms with Crippen LogP contribution in [0.5, 0.6) is 0 Å². The van der Waals surface area contributed by atoms with E-state index in [2.05, 4.69) is 19.8 Å². The molecule has 0 radical (unpaired) electrons. The van der Waals surface area contributed by atoms with Gasteiger partial charge in [0.2, 0.25) is 0 Å². The number of piperidine rings is 1. The van der Waals surface area contributed by atoms with Gasteiger partial charge in [0.25, 0.3) is 0 Å². The standard InChI is InChI=1S/C19H24F3N5/c20-19(21,22)16-10-15(11-24-12-16)17-13-27(9-8-26-6-1-7-26)18(25-17)14-2-4-23-5-3-14/h10-14,23H,1-9H2. The molecule has 2 saturated heterocycles. The molecule has 2 aliphatic heterocycles. The quantitative estimate of drug-likeness (QED) is 0.867. The van der Waals surface area contributed by atoms with Crippen LogP contribution in [0, 0.1) is 0 Å². The van der Waals surface area contributed by atoms with Crippen LogP contribution in [0.1, 0.15) is 36.6 Å². The molecule has 5 nitrogen and oxygen atoms in total. The minimum absolute atomic E-state index is 0.343. The van der Waals surface area contributed by atoms with Crippen LogP contribution in [-0.4, -0.2) is 52.2 Å². The molecule has 2 fully saturated rings. The minimum atomic E-state index is -4.40. The highest BCUT2D eigenvalue weighted by Gasteiger charge is 2.31. The third-order valence-corrected chi connectivity index (χ3v) is 5.48. The van der Waals surface area contributed by atoms with E-state index in [4.69, 9.17) is 4.98 Å². The summed E-state index contributed by atoms with van der Waals surface area (Å²) in [5.74, 6) is 1.33. The molecule has 0 atom stereocenters. The van der Waals surface area contributed by atoms with Gasteiger partial charge in [-0.25, -0.2) is 4.98 Å². The van der Waals surface area contributed by atoms with E-state index in [0.29, 0.717) is 17.2 Å². The zero-order chi connectivity index (χ0) is 18.9. The van der Waals surface area contributed by atoms with Crippen molar-refractivity contribution in [3.05, 3.63) is 36.0 Å². The van der Waals surface area contributed by atoms with Crippen LogP contribution < -0.4 is 5.32 Å². The van der Waals surface area contributed by atoms with Crippen LogP contribution in [0.25, 0.3) is 11.3 Å². The Labute approximate surface area is 156 Å². The molecule has 27 heavy (non-hydrogen) atoms. The topological polar surface area (TPSA) is 46.0 Å². The van der Waals surface area contributed by atoms with Gasteiger partial charge in [-0.1, -0.05) is 0 Å². The van der Waals surface area contributed by atoms with E-state index < -0.39 is 11.7 Å². The Kier molecular flexibility index (Phi) is 5.19. The molecule has 146 valence electrons. The van der Waals surface area contributed by atoms with Gasteiger partial charge in [-0.3, -0.25) is 4.98 Å². The monoisotopic (exact) mass is 379 g/mol. The first kappa shape index (κ1) is 18.4. The Bertz CT molecular complexity index is 776. The lowest BCUT2D eigenvalue weighted by Gasteiger charge is -2.31. The number of halogens is 3. The van der Waals surface area contributed by atoms with Crippen LogP contribution in [-0.2, 0) is 12.7 Å². The smallest absolute Gasteiger partial charge is 0.333 e. The van der Waals surface area contributed by atoms with E-state index in [0.717, 1.165) is 70.2 Å². The van der Waals surface area contributed by atoms with E-state index >= 15 is 0 Å².